The lowest BCUT2D eigenvalue weighted by Gasteiger charge is -2.06. The van der Waals surface area contributed by atoms with Crippen molar-refractivity contribution in [3.63, 3.8) is 0 Å². The molecule has 0 spiro atoms. The molecule has 0 atom stereocenters. The normalized spacial score (nSPS) is 11.5. The fourth-order valence-corrected chi connectivity index (χ4v) is 8.02. The van der Waals surface area contributed by atoms with Crippen LogP contribution < -0.4 is 0 Å². The first kappa shape index (κ1) is 51.5. The van der Waals surface area contributed by atoms with Crippen LogP contribution in [0.3, 0.4) is 0 Å². The van der Waals surface area contributed by atoms with E-state index in [1.807, 2.05) is 0 Å². The van der Waals surface area contributed by atoms with Gasteiger partial charge in [0.25, 0.3) is 0 Å². The second-order valence-electron chi connectivity index (χ2n) is 17.2. The minimum atomic E-state index is 0.0296. The fourth-order valence-electron chi connectivity index (χ4n) is 8.02. The van der Waals surface area contributed by atoms with E-state index in [1.54, 1.807) is 0 Å². The van der Waals surface area contributed by atoms with Crippen LogP contribution in [0.15, 0.2) is 0 Å². The minimum Gasteiger partial charge on any atom is -0.466 e. The number of ether oxygens (including phenoxy) is 1. The van der Waals surface area contributed by atoms with E-state index >= 15 is 0 Å². The van der Waals surface area contributed by atoms with Crippen molar-refractivity contribution in [1.29, 1.82) is 0 Å². The smallest absolute Gasteiger partial charge is 0.305 e. The van der Waals surface area contributed by atoms with E-state index in [1.165, 1.54) is 276 Å². The first-order valence-electron chi connectivity index (χ1n) is 25.0. The third kappa shape index (κ3) is 47.5. The quantitative estimate of drug-likeness (QED) is 0.0460. The summed E-state index contributed by atoms with van der Waals surface area (Å²) in [5, 5.41) is 0. The van der Waals surface area contributed by atoms with E-state index < -0.39 is 0 Å². The molecule has 0 saturated heterocycles. The molecule has 52 heavy (non-hydrogen) atoms. The van der Waals surface area contributed by atoms with Gasteiger partial charge in [-0.15, -0.1) is 0 Å². The SMILES string of the molecule is CCCCCCCCCCCCCCCCCCCCCCCCCCCCCCCCCCCCCC(=O)OCCCCCCCCCCCC. The molecule has 312 valence electrons. The predicted octanol–water partition coefficient (Wildman–Crippen LogP) is 18.5. The second-order valence-corrected chi connectivity index (χ2v) is 17.2. The minimum absolute atomic E-state index is 0.0296. The van der Waals surface area contributed by atoms with Gasteiger partial charge < -0.3 is 4.74 Å². The lowest BCUT2D eigenvalue weighted by atomic mass is 10.0. The van der Waals surface area contributed by atoms with E-state index in [2.05, 4.69) is 13.8 Å². The van der Waals surface area contributed by atoms with Gasteiger partial charge in [-0.05, 0) is 12.8 Å². The Morgan fingerprint density at radius 1 is 0.250 bits per heavy atom. The highest BCUT2D eigenvalue weighted by atomic mass is 16.5. The first-order chi connectivity index (χ1) is 25.8. The number of unbranched alkanes of at least 4 members (excludes halogenated alkanes) is 43. The number of hydrogen-bond donors (Lipinski definition) is 0. The Balaban J connectivity index is 3.11. The van der Waals surface area contributed by atoms with Crippen molar-refractivity contribution in [2.24, 2.45) is 0 Å². The predicted molar refractivity (Wildman–Crippen MR) is 235 cm³/mol. The average molecular weight is 733 g/mol. The van der Waals surface area contributed by atoms with Gasteiger partial charge in [-0.3, -0.25) is 4.79 Å². The van der Waals surface area contributed by atoms with Gasteiger partial charge in [0, 0.05) is 6.42 Å². The first-order valence-corrected chi connectivity index (χ1v) is 25.0. The largest absolute Gasteiger partial charge is 0.466 e. The van der Waals surface area contributed by atoms with Gasteiger partial charge in [-0.2, -0.15) is 0 Å². The zero-order valence-electron chi connectivity index (χ0n) is 36.6. The Bertz CT molecular complexity index is 630. The molecule has 0 rings (SSSR count). The number of esters is 1. The van der Waals surface area contributed by atoms with Gasteiger partial charge in [0.05, 0.1) is 6.61 Å². The number of carbonyl (C=O) groups is 1. The highest BCUT2D eigenvalue weighted by Gasteiger charge is 2.03. The Kier molecular flexibility index (Phi) is 48.0. The second kappa shape index (κ2) is 48.5. The third-order valence-electron chi connectivity index (χ3n) is 11.7. The molecule has 0 fully saturated rings. The molecule has 0 aromatic heterocycles. The Morgan fingerprint density at radius 2 is 0.423 bits per heavy atom. The zero-order chi connectivity index (χ0) is 37.5. The maximum absolute atomic E-state index is 12.0. The monoisotopic (exact) mass is 733 g/mol. The molecule has 0 aliphatic carbocycles. The summed E-state index contributed by atoms with van der Waals surface area (Å²) in [7, 11) is 0. The molecule has 0 amide bonds. The number of rotatable bonds is 47. The number of carbonyl (C=O) groups excluding carboxylic acids is 1. The lowest BCUT2D eigenvalue weighted by molar-refractivity contribution is -0.143. The molecule has 0 unspecified atom stereocenters. The van der Waals surface area contributed by atoms with Crippen LogP contribution in [-0.4, -0.2) is 12.6 Å². The van der Waals surface area contributed by atoms with Crippen molar-refractivity contribution in [2.45, 2.75) is 309 Å². The van der Waals surface area contributed by atoms with Gasteiger partial charge >= 0.3 is 5.97 Å². The highest BCUT2D eigenvalue weighted by molar-refractivity contribution is 5.69. The Morgan fingerprint density at radius 3 is 0.635 bits per heavy atom. The molecular formula is C50H100O2. The molecule has 0 aliphatic rings. The van der Waals surface area contributed by atoms with E-state index in [0.717, 1.165) is 12.8 Å². The standard InChI is InChI=1S/C50H100O2/c1-3-5-7-9-11-13-15-16-17-18-19-20-21-22-23-24-25-26-27-28-29-30-31-32-33-34-35-36-37-38-39-40-42-44-46-48-50(51)52-49-47-45-43-41-14-12-10-8-6-4-2/h3-49H2,1-2H3. The topological polar surface area (TPSA) is 26.3 Å². The lowest BCUT2D eigenvalue weighted by Crippen LogP contribution is -2.05. The molecule has 0 saturated carbocycles. The van der Waals surface area contributed by atoms with Crippen LogP contribution in [0.25, 0.3) is 0 Å². The summed E-state index contributed by atoms with van der Waals surface area (Å²) in [5.74, 6) is 0.0296. The maximum atomic E-state index is 12.0. The summed E-state index contributed by atoms with van der Waals surface area (Å²) in [4.78, 5) is 12.0. The van der Waals surface area contributed by atoms with Gasteiger partial charge in [0.2, 0.25) is 0 Å². The molecule has 0 heterocycles. The Labute approximate surface area is 330 Å². The summed E-state index contributed by atoms with van der Waals surface area (Å²) in [6.45, 7) is 5.22. The van der Waals surface area contributed by atoms with Gasteiger partial charge in [-0.1, -0.05) is 290 Å². The van der Waals surface area contributed by atoms with Crippen molar-refractivity contribution >= 4 is 5.97 Å². The zero-order valence-corrected chi connectivity index (χ0v) is 36.6. The van der Waals surface area contributed by atoms with Crippen LogP contribution in [0, 0.1) is 0 Å². The van der Waals surface area contributed by atoms with E-state index in [-0.39, 0.29) is 5.97 Å². The summed E-state index contributed by atoms with van der Waals surface area (Å²) in [6, 6.07) is 0. The summed E-state index contributed by atoms with van der Waals surface area (Å²) in [5.41, 5.74) is 0. The molecule has 0 bridgehead atoms. The van der Waals surface area contributed by atoms with Crippen molar-refractivity contribution in [3.8, 4) is 0 Å². The fraction of sp³-hybridized carbons (Fsp3) is 0.980. The number of hydrogen-bond acceptors (Lipinski definition) is 2. The summed E-state index contributed by atoms with van der Waals surface area (Å²) >= 11 is 0. The molecule has 0 radical (unpaired) electrons. The van der Waals surface area contributed by atoms with Crippen LogP contribution in [0.4, 0.5) is 0 Å². The molecule has 0 aliphatic heterocycles. The summed E-state index contributed by atoms with van der Waals surface area (Å²) < 4.78 is 5.45. The van der Waals surface area contributed by atoms with Crippen LogP contribution in [0.1, 0.15) is 309 Å². The van der Waals surface area contributed by atoms with Crippen LogP contribution >= 0.6 is 0 Å². The maximum Gasteiger partial charge on any atom is 0.305 e. The van der Waals surface area contributed by atoms with Crippen molar-refractivity contribution < 1.29 is 9.53 Å². The van der Waals surface area contributed by atoms with Gasteiger partial charge in [-0.25, -0.2) is 0 Å². The molecule has 0 aromatic rings. The van der Waals surface area contributed by atoms with Crippen molar-refractivity contribution in [1.82, 2.24) is 0 Å². The van der Waals surface area contributed by atoms with E-state index in [9.17, 15) is 4.79 Å². The molecular weight excluding hydrogens is 633 g/mol. The van der Waals surface area contributed by atoms with E-state index in [4.69, 9.17) is 4.74 Å². The van der Waals surface area contributed by atoms with Gasteiger partial charge in [0.15, 0.2) is 0 Å². The van der Waals surface area contributed by atoms with Crippen molar-refractivity contribution in [3.05, 3.63) is 0 Å². The van der Waals surface area contributed by atoms with Crippen LogP contribution in [-0.2, 0) is 9.53 Å². The molecule has 0 aromatic carbocycles. The molecule has 2 heteroatoms. The average Bonchev–Trinajstić information content (AvgIpc) is 3.15. The van der Waals surface area contributed by atoms with Crippen molar-refractivity contribution in [2.75, 3.05) is 6.61 Å². The van der Waals surface area contributed by atoms with Crippen LogP contribution in [0.2, 0.25) is 0 Å². The molecule has 0 N–H and O–H groups in total. The Hall–Kier alpha value is -0.530. The van der Waals surface area contributed by atoms with E-state index in [0.29, 0.717) is 13.0 Å². The molecule has 2 nitrogen and oxygen atoms in total. The van der Waals surface area contributed by atoms with Gasteiger partial charge in [0.1, 0.15) is 0 Å². The third-order valence-corrected chi connectivity index (χ3v) is 11.7. The van der Waals surface area contributed by atoms with Crippen LogP contribution in [0.5, 0.6) is 0 Å². The summed E-state index contributed by atoms with van der Waals surface area (Å²) in [6.07, 6.45) is 64.0. The highest BCUT2D eigenvalue weighted by Crippen LogP contribution is 2.18.